The molecule has 6 nitrogen and oxygen atoms in total. The molecule has 20 heavy (non-hydrogen) atoms. The van der Waals surface area contributed by atoms with Gasteiger partial charge in [-0.2, -0.15) is 0 Å². The molecule has 0 aliphatic heterocycles. The second kappa shape index (κ2) is 6.70. The normalized spacial score (nSPS) is 11.7. The van der Waals surface area contributed by atoms with E-state index in [-0.39, 0.29) is 24.6 Å². The van der Waals surface area contributed by atoms with Gasteiger partial charge in [-0.05, 0) is 17.7 Å². The highest BCUT2D eigenvalue weighted by atomic mass is 16.4. The molecule has 1 amide bonds. The maximum atomic E-state index is 11.5. The van der Waals surface area contributed by atoms with Crippen LogP contribution in [0.3, 0.4) is 0 Å². The van der Waals surface area contributed by atoms with E-state index in [2.05, 4.69) is 0 Å². The molecule has 0 aromatic heterocycles. The number of carbonyl (C=O) groups excluding carboxylic acids is 1. The van der Waals surface area contributed by atoms with E-state index in [1.165, 1.54) is 30.9 Å². The summed E-state index contributed by atoms with van der Waals surface area (Å²) in [4.78, 5) is 34.5. The number of carboxylic acid groups (broad SMARTS) is 2. The molecule has 0 heterocycles. The maximum absolute atomic E-state index is 11.5. The number of hydrogen-bond acceptors (Lipinski definition) is 3. The van der Waals surface area contributed by atoms with Gasteiger partial charge in [-0.15, -0.1) is 0 Å². The predicted molar refractivity (Wildman–Crippen MR) is 71.3 cm³/mol. The lowest BCUT2D eigenvalue weighted by Gasteiger charge is -2.23. The molecular formula is C14H17NO5. The van der Waals surface area contributed by atoms with Crippen LogP contribution >= 0.6 is 0 Å². The zero-order chi connectivity index (χ0) is 15.3. The van der Waals surface area contributed by atoms with E-state index in [9.17, 15) is 14.4 Å². The summed E-state index contributed by atoms with van der Waals surface area (Å²) < 4.78 is 0. The lowest BCUT2D eigenvalue weighted by molar-refractivity contribution is -0.143. The second-order valence-electron chi connectivity index (χ2n) is 4.64. The van der Waals surface area contributed by atoms with Crippen LogP contribution in [0, 0.1) is 5.92 Å². The Kier molecular flexibility index (Phi) is 5.25. The zero-order valence-electron chi connectivity index (χ0n) is 11.4. The van der Waals surface area contributed by atoms with E-state index in [4.69, 9.17) is 10.2 Å². The van der Waals surface area contributed by atoms with Gasteiger partial charge >= 0.3 is 11.9 Å². The molecule has 0 aliphatic rings. The first kappa shape index (κ1) is 15.7. The topological polar surface area (TPSA) is 94.9 Å². The molecule has 1 aromatic rings. The highest BCUT2D eigenvalue weighted by Crippen LogP contribution is 2.10. The molecular weight excluding hydrogens is 262 g/mol. The second-order valence-corrected chi connectivity index (χ2v) is 4.64. The fourth-order valence-corrected chi connectivity index (χ4v) is 1.69. The van der Waals surface area contributed by atoms with Crippen molar-refractivity contribution in [1.29, 1.82) is 0 Å². The summed E-state index contributed by atoms with van der Waals surface area (Å²) in [5.74, 6) is -2.85. The van der Waals surface area contributed by atoms with Gasteiger partial charge in [-0.25, -0.2) is 4.79 Å². The van der Waals surface area contributed by atoms with Crippen molar-refractivity contribution in [3.8, 4) is 0 Å². The van der Waals surface area contributed by atoms with Crippen molar-refractivity contribution in [3.63, 3.8) is 0 Å². The molecule has 1 atom stereocenters. The van der Waals surface area contributed by atoms with Gasteiger partial charge in [0.25, 0.3) is 0 Å². The first-order valence-corrected chi connectivity index (χ1v) is 6.11. The van der Waals surface area contributed by atoms with Crippen molar-refractivity contribution < 1.29 is 24.6 Å². The Balaban J connectivity index is 2.77. The highest BCUT2D eigenvalue weighted by Gasteiger charge is 2.18. The number of aliphatic carboxylic acids is 1. The van der Waals surface area contributed by atoms with Gasteiger partial charge in [0.05, 0.1) is 11.5 Å². The van der Waals surface area contributed by atoms with Crippen LogP contribution in [0.4, 0.5) is 0 Å². The fraction of sp³-hybridized carbons (Fsp3) is 0.357. The van der Waals surface area contributed by atoms with Crippen LogP contribution in [-0.4, -0.2) is 39.5 Å². The smallest absolute Gasteiger partial charge is 0.335 e. The van der Waals surface area contributed by atoms with Crippen LogP contribution in [0.25, 0.3) is 0 Å². The first-order valence-electron chi connectivity index (χ1n) is 6.11. The minimum atomic E-state index is -1.01. The van der Waals surface area contributed by atoms with E-state index < -0.39 is 17.9 Å². The summed E-state index contributed by atoms with van der Waals surface area (Å²) in [6.45, 7) is 3.28. The summed E-state index contributed by atoms with van der Waals surface area (Å²) in [7, 11) is 0. The van der Waals surface area contributed by atoms with Gasteiger partial charge in [0.1, 0.15) is 0 Å². The zero-order valence-corrected chi connectivity index (χ0v) is 11.4. The molecule has 0 aliphatic carbocycles. The van der Waals surface area contributed by atoms with Crippen LogP contribution in [0.2, 0.25) is 0 Å². The molecule has 0 bridgehead atoms. The standard InChI is InChI=1S/C14H17NO5/c1-9(13(17)18)7-15(10(2)16)8-11-3-5-12(6-4-11)14(19)20/h3-6,9H,7-8H2,1-2H3,(H,17,18)(H,19,20). The third kappa shape index (κ3) is 4.38. The molecule has 1 rings (SSSR count). The van der Waals surface area contributed by atoms with Gasteiger partial charge in [0.15, 0.2) is 0 Å². The summed E-state index contributed by atoms with van der Waals surface area (Å²) in [5.41, 5.74) is 0.921. The average Bonchev–Trinajstić information content (AvgIpc) is 2.38. The monoisotopic (exact) mass is 279 g/mol. The Labute approximate surface area is 116 Å². The van der Waals surface area contributed by atoms with Crippen molar-refractivity contribution in [1.82, 2.24) is 4.90 Å². The number of rotatable bonds is 6. The Morgan fingerprint density at radius 1 is 1.15 bits per heavy atom. The van der Waals surface area contributed by atoms with E-state index in [0.717, 1.165) is 5.56 Å². The lowest BCUT2D eigenvalue weighted by atomic mass is 10.1. The van der Waals surface area contributed by atoms with Crippen molar-refractivity contribution in [2.75, 3.05) is 6.54 Å². The number of carbonyl (C=O) groups is 3. The molecule has 0 saturated heterocycles. The van der Waals surface area contributed by atoms with E-state index in [1.54, 1.807) is 12.1 Å². The van der Waals surface area contributed by atoms with Crippen molar-refractivity contribution in [3.05, 3.63) is 35.4 Å². The molecule has 108 valence electrons. The Morgan fingerprint density at radius 2 is 1.70 bits per heavy atom. The number of benzene rings is 1. The summed E-state index contributed by atoms with van der Waals surface area (Å²) in [5, 5.41) is 17.7. The van der Waals surface area contributed by atoms with Crippen LogP contribution in [0.15, 0.2) is 24.3 Å². The molecule has 0 saturated carbocycles. The number of amides is 1. The largest absolute Gasteiger partial charge is 0.481 e. The van der Waals surface area contributed by atoms with E-state index >= 15 is 0 Å². The molecule has 1 aromatic carbocycles. The molecule has 6 heteroatoms. The summed E-state index contributed by atoms with van der Waals surface area (Å²) in [6, 6.07) is 6.14. The predicted octanol–water partition coefficient (Wildman–Crippen LogP) is 1.45. The number of aromatic carboxylic acids is 1. The lowest BCUT2D eigenvalue weighted by Crippen LogP contribution is -2.34. The van der Waals surface area contributed by atoms with Gasteiger partial charge in [0.2, 0.25) is 5.91 Å². The summed E-state index contributed by atoms with van der Waals surface area (Å²) in [6.07, 6.45) is 0. The van der Waals surface area contributed by atoms with Crippen molar-refractivity contribution in [2.24, 2.45) is 5.92 Å². The van der Waals surface area contributed by atoms with Gasteiger partial charge < -0.3 is 15.1 Å². The minimum Gasteiger partial charge on any atom is -0.481 e. The fourth-order valence-electron chi connectivity index (χ4n) is 1.69. The number of hydrogen-bond donors (Lipinski definition) is 2. The quantitative estimate of drug-likeness (QED) is 0.821. The SMILES string of the molecule is CC(=O)N(Cc1ccc(C(=O)O)cc1)CC(C)C(=O)O. The minimum absolute atomic E-state index is 0.116. The van der Waals surface area contributed by atoms with Gasteiger partial charge in [-0.1, -0.05) is 19.1 Å². The Morgan fingerprint density at radius 3 is 2.10 bits per heavy atom. The molecule has 0 spiro atoms. The Bertz CT molecular complexity index is 509. The summed E-state index contributed by atoms with van der Waals surface area (Å²) >= 11 is 0. The third-order valence-corrected chi connectivity index (χ3v) is 2.94. The molecule has 0 radical (unpaired) electrons. The molecule has 0 fully saturated rings. The van der Waals surface area contributed by atoms with Crippen LogP contribution < -0.4 is 0 Å². The van der Waals surface area contributed by atoms with Crippen molar-refractivity contribution >= 4 is 17.8 Å². The molecule has 2 N–H and O–H groups in total. The van der Waals surface area contributed by atoms with E-state index in [1.807, 2.05) is 0 Å². The van der Waals surface area contributed by atoms with E-state index in [0.29, 0.717) is 0 Å². The molecule has 1 unspecified atom stereocenters. The van der Waals surface area contributed by atoms with Crippen LogP contribution in [-0.2, 0) is 16.1 Å². The highest BCUT2D eigenvalue weighted by molar-refractivity contribution is 5.87. The third-order valence-electron chi connectivity index (χ3n) is 2.94. The van der Waals surface area contributed by atoms with Crippen LogP contribution in [0.5, 0.6) is 0 Å². The van der Waals surface area contributed by atoms with Crippen LogP contribution in [0.1, 0.15) is 29.8 Å². The average molecular weight is 279 g/mol. The van der Waals surface area contributed by atoms with Gasteiger partial charge in [0, 0.05) is 20.0 Å². The van der Waals surface area contributed by atoms with Crippen molar-refractivity contribution in [2.45, 2.75) is 20.4 Å². The maximum Gasteiger partial charge on any atom is 0.335 e. The number of carboxylic acids is 2. The first-order chi connectivity index (χ1) is 9.31. The Hall–Kier alpha value is -2.37. The van der Waals surface area contributed by atoms with Gasteiger partial charge in [-0.3, -0.25) is 9.59 Å². The number of nitrogens with zero attached hydrogens (tertiary/aromatic N) is 1.